The van der Waals surface area contributed by atoms with Crippen LogP contribution >= 0.6 is 34.2 Å². The maximum Gasteiger partial charge on any atom is 0.146 e. The first kappa shape index (κ1) is 15.5. The van der Waals surface area contributed by atoms with E-state index in [9.17, 15) is 0 Å². The Morgan fingerprint density at radius 1 is 1.32 bits per heavy atom. The average molecular weight is 393 g/mol. The van der Waals surface area contributed by atoms with Crippen LogP contribution in [0, 0.1) is 15.4 Å². The van der Waals surface area contributed by atoms with E-state index in [1.54, 1.807) is 0 Å². The first-order valence-electron chi connectivity index (χ1n) is 7.19. The molecule has 1 saturated carbocycles. The second-order valence-corrected chi connectivity index (χ2v) is 7.64. The molecule has 2 unspecified atom stereocenters. The summed E-state index contributed by atoms with van der Waals surface area (Å²) >= 11 is 8.57. The molecule has 19 heavy (non-hydrogen) atoms. The first-order chi connectivity index (χ1) is 8.97. The Hall–Kier alpha value is 0.100. The highest BCUT2D eigenvalue weighted by Crippen LogP contribution is 2.35. The van der Waals surface area contributed by atoms with Crippen molar-refractivity contribution in [2.75, 3.05) is 0 Å². The Bertz CT molecular complexity index is 448. The average Bonchev–Trinajstić information content (AvgIpc) is 2.34. The lowest BCUT2D eigenvalue weighted by Gasteiger charge is -2.26. The minimum atomic E-state index is 0.504. The predicted octanol–water partition coefficient (Wildman–Crippen LogP) is 5.23. The Morgan fingerprint density at radius 3 is 2.68 bits per heavy atom. The summed E-state index contributed by atoms with van der Waals surface area (Å²) < 4.78 is 1.03. The number of hydrogen-bond acceptors (Lipinski definition) is 2. The van der Waals surface area contributed by atoms with Gasteiger partial charge in [-0.1, -0.05) is 45.2 Å². The Labute approximate surface area is 134 Å². The van der Waals surface area contributed by atoms with E-state index in [1.807, 2.05) is 0 Å². The van der Waals surface area contributed by atoms with E-state index in [0.29, 0.717) is 17.0 Å². The molecule has 1 fully saturated rings. The highest BCUT2D eigenvalue weighted by Gasteiger charge is 2.24. The molecule has 106 valence electrons. The molecule has 0 N–H and O–H groups in total. The third-order valence-corrected chi connectivity index (χ3v) is 5.53. The fourth-order valence-corrected chi connectivity index (χ4v) is 3.51. The first-order valence-corrected chi connectivity index (χ1v) is 8.64. The van der Waals surface area contributed by atoms with Gasteiger partial charge in [-0.05, 0) is 53.7 Å². The summed E-state index contributed by atoms with van der Waals surface area (Å²) in [6, 6.07) is 0. The molecule has 0 amide bonds. The van der Waals surface area contributed by atoms with Crippen LogP contribution < -0.4 is 0 Å². The van der Waals surface area contributed by atoms with E-state index in [2.05, 4.69) is 48.3 Å². The maximum atomic E-state index is 6.30. The zero-order chi connectivity index (χ0) is 14.0. The monoisotopic (exact) mass is 392 g/mol. The lowest BCUT2D eigenvalue weighted by molar-refractivity contribution is 0.334. The summed E-state index contributed by atoms with van der Waals surface area (Å²) in [6.07, 6.45) is 6.03. The van der Waals surface area contributed by atoms with Gasteiger partial charge in [-0.15, -0.1) is 0 Å². The fraction of sp³-hybridized carbons (Fsp3) is 0.733. The van der Waals surface area contributed by atoms with Crippen molar-refractivity contribution in [2.45, 2.75) is 58.8 Å². The Balaban J connectivity index is 2.27. The van der Waals surface area contributed by atoms with Gasteiger partial charge in [0.25, 0.3) is 0 Å². The number of halogens is 2. The molecule has 0 aliphatic heterocycles. The lowest BCUT2D eigenvalue weighted by Crippen LogP contribution is -2.16. The maximum absolute atomic E-state index is 6.30. The molecule has 1 aliphatic rings. The van der Waals surface area contributed by atoms with Crippen LogP contribution in [-0.4, -0.2) is 9.97 Å². The molecule has 1 aromatic rings. The van der Waals surface area contributed by atoms with Gasteiger partial charge in [-0.25, -0.2) is 9.97 Å². The van der Waals surface area contributed by atoms with Gasteiger partial charge in [0.05, 0.1) is 9.26 Å². The van der Waals surface area contributed by atoms with Crippen molar-refractivity contribution in [3.8, 4) is 0 Å². The second-order valence-electron chi connectivity index (χ2n) is 6.20. The number of nitrogens with zero attached hydrogens (tertiary/aromatic N) is 2. The van der Waals surface area contributed by atoms with E-state index < -0.39 is 0 Å². The van der Waals surface area contributed by atoms with Crippen LogP contribution in [0.4, 0.5) is 0 Å². The molecule has 0 bridgehead atoms. The summed E-state index contributed by atoms with van der Waals surface area (Å²) in [6.45, 7) is 6.76. The fourth-order valence-electron chi connectivity index (χ4n) is 2.85. The summed E-state index contributed by atoms with van der Waals surface area (Å²) in [5, 5.41) is 0.638. The number of rotatable bonds is 3. The van der Waals surface area contributed by atoms with Crippen LogP contribution in [0.15, 0.2) is 0 Å². The molecule has 0 aromatic carbocycles. The molecule has 1 aromatic heterocycles. The summed E-state index contributed by atoms with van der Waals surface area (Å²) in [5.41, 5.74) is 1.13. The molecular formula is C15H22ClIN2. The lowest BCUT2D eigenvalue weighted by atomic mass is 9.82. The van der Waals surface area contributed by atoms with E-state index in [0.717, 1.165) is 27.4 Å². The molecule has 2 nitrogen and oxygen atoms in total. The van der Waals surface area contributed by atoms with Crippen molar-refractivity contribution < 1.29 is 0 Å². The minimum Gasteiger partial charge on any atom is -0.236 e. The van der Waals surface area contributed by atoms with Gasteiger partial charge >= 0.3 is 0 Å². The van der Waals surface area contributed by atoms with Gasteiger partial charge in [-0.3, -0.25) is 0 Å². The van der Waals surface area contributed by atoms with Crippen molar-refractivity contribution >= 4 is 34.2 Å². The van der Waals surface area contributed by atoms with E-state index in [4.69, 9.17) is 16.6 Å². The zero-order valence-electron chi connectivity index (χ0n) is 11.9. The van der Waals surface area contributed by atoms with Crippen LogP contribution in [-0.2, 0) is 6.42 Å². The van der Waals surface area contributed by atoms with E-state index in [1.165, 1.54) is 25.7 Å². The van der Waals surface area contributed by atoms with Crippen molar-refractivity contribution in [1.82, 2.24) is 9.97 Å². The summed E-state index contributed by atoms with van der Waals surface area (Å²) in [7, 11) is 0. The minimum absolute atomic E-state index is 0.504. The highest BCUT2D eigenvalue weighted by molar-refractivity contribution is 14.1. The van der Waals surface area contributed by atoms with Crippen LogP contribution in [0.3, 0.4) is 0 Å². The molecule has 0 spiro atoms. The molecule has 0 radical (unpaired) electrons. The van der Waals surface area contributed by atoms with Crippen LogP contribution in [0.25, 0.3) is 0 Å². The summed E-state index contributed by atoms with van der Waals surface area (Å²) in [5.74, 6) is 2.86. The number of aromatic nitrogens is 2. The predicted molar refractivity (Wildman–Crippen MR) is 88.7 cm³/mol. The highest BCUT2D eigenvalue weighted by atomic mass is 127. The van der Waals surface area contributed by atoms with Gasteiger partial charge < -0.3 is 0 Å². The summed E-state index contributed by atoms with van der Waals surface area (Å²) in [4.78, 5) is 9.37. The molecule has 4 heteroatoms. The van der Waals surface area contributed by atoms with Crippen LogP contribution in [0.2, 0.25) is 5.15 Å². The SMILES string of the molecule is CC(C)Cc1nc(C2CCCC(C)C2)nc(Cl)c1I. The Kier molecular flexibility index (Phi) is 5.46. The normalized spacial score (nSPS) is 23.9. The molecule has 1 aliphatic carbocycles. The second kappa shape index (κ2) is 6.70. The smallest absolute Gasteiger partial charge is 0.146 e. The van der Waals surface area contributed by atoms with E-state index in [-0.39, 0.29) is 0 Å². The molecule has 2 rings (SSSR count). The van der Waals surface area contributed by atoms with Gasteiger partial charge in [-0.2, -0.15) is 0 Å². The van der Waals surface area contributed by atoms with E-state index >= 15 is 0 Å². The molecule has 0 saturated heterocycles. The standard InChI is InChI=1S/C15H22ClIN2/c1-9(2)7-12-13(17)14(16)19-15(18-12)11-6-4-5-10(3)8-11/h9-11H,4-8H2,1-3H3. The van der Waals surface area contributed by atoms with Gasteiger partial charge in [0.2, 0.25) is 0 Å². The third kappa shape index (κ3) is 4.03. The number of hydrogen-bond donors (Lipinski definition) is 0. The van der Waals surface area contributed by atoms with Crippen molar-refractivity contribution in [3.63, 3.8) is 0 Å². The quantitative estimate of drug-likeness (QED) is 0.520. The van der Waals surface area contributed by atoms with Gasteiger partial charge in [0.15, 0.2) is 0 Å². The van der Waals surface area contributed by atoms with Crippen molar-refractivity contribution in [3.05, 3.63) is 20.2 Å². The Morgan fingerprint density at radius 2 is 2.05 bits per heavy atom. The van der Waals surface area contributed by atoms with Crippen LogP contribution in [0.1, 0.15) is 63.9 Å². The largest absolute Gasteiger partial charge is 0.236 e. The van der Waals surface area contributed by atoms with Gasteiger partial charge in [0, 0.05) is 5.92 Å². The van der Waals surface area contributed by atoms with Crippen LogP contribution in [0.5, 0.6) is 0 Å². The zero-order valence-corrected chi connectivity index (χ0v) is 14.8. The molecule has 1 heterocycles. The topological polar surface area (TPSA) is 25.8 Å². The van der Waals surface area contributed by atoms with Crippen molar-refractivity contribution in [2.24, 2.45) is 11.8 Å². The van der Waals surface area contributed by atoms with Gasteiger partial charge in [0.1, 0.15) is 11.0 Å². The third-order valence-electron chi connectivity index (χ3n) is 3.80. The molecular weight excluding hydrogens is 371 g/mol. The molecule has 2 atom stereocenters. The van der Waals surface area contributed by atoms with Crippen molar-refractivity contribution in [1.29, 1.82) is 0 Å².